The molecule has 1 aliphatic rings. The van der Waals surface area contributed by atoms with Crippen molar-refractivity contribution in [2.24, 2.45) is 34.2 Å². The van der Waals surface area contributed by atoms with Crippen LogP contribution in [0.15, 0.2) is 4.99 Å². The summed E-state index contributed by atoms with van der Waals surface area (Å²) in [7, 11) is 0. The molecular weight excluding hydrogens is 935 g/mol. The van der Waals surface area contributed by atoms with E-state index in [9.17, 15) is 63.3 Å². The number of carbonyl (C=O) groups is 10. The minimum Gasteiger partial charge on any atom is -0.480 e. The van der Waals surface area contributed by atoms with E-state index in [1.807, 2.05) is 13.8 Å². The van der Waals surface area contributed by atoms with Gasteiger partial charge in [0.15, 0.2) is 5.96 Å². The summed E-state index contributed by atoms with van der Waals surface area (Å²) in [4.78, 5) is 135. The van der Waals surface area contributed by atoms with Gasteiger partial charge in [0, 0.05) is 6.54 Å². The molecule has 71 heavy (non-hydrogen) atoms. The number of aliphatic carboxylic acids is 1. The fourth-order valence-electron chi connectivity index (χ4n) is 7.04. The molecule has 27 heteroatoms. The molecule has 1 rings (SSSR count). The third-order valence-electron chi connectivity index (χ3n) is 11.1. The monoisotopic (exact) mass is 1010 g/mol. The van der Waals surface area contributed by atoms with Crippen molar-refractivity contribution >= 4 is 65.1 Å². The first-order valence-corrected chi connectivity index (χ1v) is 23.8. The highest BCUT2D eigenvalue weighted by Gasteiger charge is 2.37. The summed E-state index contributed by atoms with van der Waals surface area (Å²) in [5, 5.41) is 65.1. The molecule has 0 unspecified atom stereocenters. The maximum atomic E-state index is 13.9. The predicted octanol–water partition coefficient (Wildman–Crippen LogP) is -5.61. The van der Waals surface area contributed by atoms with Crippen LogP contribution in [0, 0.1) is 17.8 Å². The molecule has 0 aliphatic carbocycles. The first kappa shape index (κ1) is 62.8. The van der Waals surface area contributed by atoms with Gasteiger partial charge in [-0.1, -0.05) is 41.5 Å². The first-order valence-electron chi connectivity index (χ1n) is 23.8. The van der Waals surface area contributed by atoms with E-state index in [0.29, 0.717) is 13.0 Å². The Morgan fingerprint density at radius 3 is 1.45 bits per heavy atom. The highest BCUT2D eigenvalue weighted by Crippen LogP contribution is 2.12. The molecule has 18 N–H and O–H groups in total. The van der Waals surface area contributed by atoms with Crippen molar-refractivity contribution in [2.75, 3.05) is 26.3 Å². The van der Waals surface area contributed by atoms with Crippen molar-refractivity contribution in [3.05, 3.63) is 0 Å². The fourth-order valence-corrected chi connectivity index (χ4v) is 7.04. The van der Waals surface area contributed by atoms with Crippen molar-refractivity contribution in [3.8, 4) is 0 Å². The zero-order valence-corrected chi connectivity index (χ0v) is 42.1. The van der Waals surface area contributed by atoms with Gasteiger partial charge < -0.3 is 85.1 Å². The van der Waals surface area contributed by atoms with Crippen LogP contribution < -0.4 is 64.6 Å². The van der Waals surface area contributed by atoms with Crippen LogP contribution in [0.2, 0.25) is 0 Å². The Balaban J connectivity index is 3.28. The molecular formula is C44H79N13O14. The van der Waals surface area contributed by atoms with Gasteiger partial charge >= 0.3 is 5.97 Å². The van der Waals surface area contributed by atoms with Crippen LogP contribution in [-0.2, 0) is 47.9 Å². The number of hydrogen-bond acceptors (Lipinski definition) is 15. The molecule has 0 bridgehead atoms. The van der Waals surface area contributed by atoms with E-state index in [4.69, 9.17) is 16.6 Å². The second-order valence-corrected chi connectivity index (χ2v) is 18.8. The molecule has 1 heterocycles. The lowest BCUT2D eigenvalue weighted by Crippen LogP contribution is -2.62. The number of aliphatic imine (C=N–C) groups is 1. The van der Waals surface area contributed by atoms with E-state index in [1.165, 1.54) is 13.8 Å². The summed E-state index contributed by atoms with van der Waals surface area (Å²) in [5.74, 6) is -10.5. The second kappa shape index (κ2) is 31.2. The molecule has 0 radical (unpaired) electrons. The number of carboxylic acids is 1. The van der Waals surface area contributed by atoms with Crippen LogP contribution in [0.25, 0.3) is 0 Å². The summed E-state index contributed by atoms with van der Waals surface area (Å²) in [6, 6.07) is -13.4. The van der Waals surface area contributed by atoms with Gasteiger partial charge in [-0.3, -0.25) is 52.9 Å². The lowest BCUT2D eigenvalue weighted by atomic mass is 10.0. The van der Waals surface area contributed by atoms with Crippen LogP contribution in [0.5, 0.6) is 0 Å². The Bertz CT molecular complexity index is 1860. The maximum absolute atomic E-state index is 13.9. The Morgan fingerprint density at radius 2 is 1.00 bits per heavy atom. The molecule has 11 atom stereocenters. The van der Waals surface area contributed by atoms with Gasteiger partial charge in [-0.2, -0.15) is 0 Å². The number of aliphatic hydroxyl groups is 3. The molecule has 0 saturated carbocycles. The SMILES string of the molecule is CC(C)C[C@H](NC(=O)[C@@H]1CCCN1)C(=O)N[C@@H](CO)C(=O)N[C@@H](CCCN=C(N)N)C(=O)N[C@H](C(=O)N[C@@H](CC(C)C)C(=O)N[C@@H](CO)C(=O)N[C@H](C(=O)N[C@@H](C)C(=O)N[C@@H](C)C(=O)O)C(C)C)[C@@H](C)O. The van der Waals surface area contributed by atoms with E-state index in [1.54, 1.807) is 27.7 Å². The number of nitrogens with zero attached hydrogens (tertiary/aromatic N) is 1. The molecule has 0 aromatic rings. The van der Waals surface area contributed by atoms with E-state index in [2.05, 4.69) is 58.2 Å². The summed E-state index contributed by atoms with van der Waals surface area (Å²) in [5.41, 5.74) is 10.9. The number of aliphatic hydroxyl groups excluding tert-OH is 3. The topological polar surface area (TPSA) is 436 Å². The zero-order chi connectivity index (χ0) is 54.3. The third-order valence-corrected chi connectivity index (χ3v) is 11.1. The molecule has 0 aromatic heterocycles. The Morgan fingerprint density at radius 1 is 0.563 bits per heavy atom. The number of guanidine groups is 1. The van der Waals surface area contributed by atoms with Crippen LogP contribution >= 0.6 is 0 Å². The molecule has 0 aromatic carbocycles. The Hall–Kier alpha value is -6.19. The predicted molar refractivity (Wildman–Crippen MR) is 257 cm³/mol. The van der Waals surface area contributed by atoms with Crippen molar-refractivity contribution in [2.45, 2.75) is 167 Å². The maximum Gasteiger partial charge on any atom is 0.325 e. The van der Waals surface area contributed by atoms with Crippen molar-refractivity contribution in [3.63, 3.8) is 0 Å². The summed E-state index contributed by atoms with van der Waals surface area (Å²) >= 11 is 0. The average Bonchev–Trinajstić information content (AvgIpc) is 3.83. The number of amides is 9. The minimum atomic E-state index is -1.77. The normalized spacial score (nSPS) is 17.6. The van der Waals surface area contributed by atoms with E-state index in [0.717, 1.165) is 13.3 Å². The molecule has 1 fully saturated rings. The van der Waals surface area contributed by atoms with Gasteiger partial charge in [0.25, 0.3) is 0 Å². The lowest BCUT2D eigenvalue weighted by molar-refractivity contribution is -0.141. The minimum absolute atomic E-state index is 0.00737. The highest BCUT2D eigenvalue weighted by atomic mass is 16.4. The number of carboxylic acid groups (broad SMARTS) is 1. The van der Waals surface area contributed by atoms with Gasteiger partial charge in [-0.25, -0.2) is 0 Å². The standard InChI is InChI=1S/C44H79N13O14/c1-20(2)16-28(52-35(62)26-12-10-14-47-26)37(64)54-30(18-58)39(66)51-27(13-11-15-48-44(45)46)36(63)57-33(25(9)60)42(69)53-29(17-21(3)4)38(65)55-31(19-59)40(67)56-32(22(5)6)41(68)49-23(7)34(61)50-24(8)43(70)71/h20-33,47,58-60H,10-19H2,1-9H3,(H,49,68)(H,50,61)(H,51,66)(H,52,62)(H,53,69)(H,54,64)(H,55,65)(H,56,67)(H,57,63)(H,70,71)(H4,45,46,48)/t23-,24-,25+,26-,27-,28-,29-,30-,31-,32-,33-/m0/s1. The second-order valence-electron chi connectivity index (χ2n) is 18.8. The van der Waals surface area contributed by atoms with Crippen molar-refractivity contribution in [1.82, 2.24) is 53.2 Å². The number of rotatable bonds is 31. The van der Waals surface area contributed by atoms with Gasteiger partial charge in [0.2, 0.25) is 53.2 Å². The summed E-state index contributed by atoms with van der Waals surface area (Å²) in [6.07, 6.45) is -0.231. The van der Waals surface area contributed by atoms with Crippen LogP contribution in [0.1, 0.15) is 101 Å². The highest BCUT2D eigenvalue weighted by molar-refractivity contribution is 5.98. The smallest absolute Gasteiger partial charge is 0.325 e. The first-order chi connectivity index (χ1) is 33.1. The molecule has 0 spiro atoms. The molecule has 9 amide bonds. The molecule has 1 aliphatic heterocycles. The van der Waals surface area contributed by atoms with Crippen molar-refractivity contribution < 1.29 is 68.4 Å². The van der Waals surface area contributed by atoms with Crippen LogP contribution in [0.3, 0.4) is 0 Å². The Labute approximate surface area is 413 Å². The van der Waals surface area contributed by atoms with Gasteiger partial charge in [0.05, 0.1) is 25.4 Å². The molecule has 1 saturated heterocycles. The molecule has 404 valence electrons. The Kier molecular flexibility index (Phi) is 27.6. The number of nitrogens with one attached hydrogen (secondary N) is 10. The van der Waals surface area contributed by atoms with Gasteiger partial charge in [-0.05, 0) is 83.6 Å². The molecule has 27 nitrogen and oxygen atoms in total. The summed E-state index contributed by atoms with van der Waals surface area (Å²) < 4.78 is 0. The summed E-state index contributed by atoms with van der Waals surface area (Å²) in [6.45, 7) is 12.6. The zero-order valence-electron chi connectivity index (χ0n) is 42.1. The van der Waals surface area contributed by atoms with Gasteiger partial charge in [0.1, 0.15) is 54.4 Å². The lowest BCUT2D eigenvalue weighted by Gasteiger charge is -2.29. The average molecular weight is 1010 g/mol. The van der Waals surface area contributed by atoms with Crippen molar-refractivity contribution in [1.29, 1.82) is 0 Å². The van der Waals surface area contributed by atoms with E-state index in [-0.39, 0.29) is 50.0 Å². The number of hydrogen-bond donors (Lipinski definition) is 16. The largest absolute Gasteiger partial charge is 0.480 e. The van der Waals surface area contributed by atoms with Crippen LogP contribution in [0.4, 0.5) is 0 Å². The number of carbonyl (C=O) groups excluding carboxylic acids is 9. The van der Waals surface area contributed by atoms with E-state index >= 15 is 0 Å². The van der Waals surface area contributed by atoms with Gasteiger partial charge in [-0.15, -0.1) is 0 Å². The van der Waals surface area contributed by atoms with E-state index < -0.39 is 145 Å². The quantitative estimate of drug-likeness (QED) is 0.0175. The van der Waals surface area contributed by atoms with Crippen LogP contribution in [-0.4, -0.2) is 178 Å². The number of nitrogens with two attached hydrogens (primary N) is 2. The fraction of sp³-hybridized carbons (Fsp3) is 0.750. The third kappa shape index (κ3) is 22.6.